The van der Waals surface area contributed by atoms with E-state index >= 15 is 0 Å². The number of carbonyl (C=O) groups excluding carboxylic acids is 1. The number of rotatable bonds is 1. The molecule has 2 heterocycles. The highest BCUT2D eigenvalue weighted by atomic mass is 35.5. The van der Waals surface area contributed by atoms with Gasteiger partial charge in [-0.05, 0) is 30.7 Å². The highest BCUT2D eigenvalue weighted by molar-refractivity contribution is 6.34. The SMILES string of the molecule is O=C(c1ccccc1Cl)N1CCCn2c1nc1ccccc12. The fourth-order valence-corrected chi connectivity index (χ4v) is 3.17. The summed E-state index contributed by atoms with van der Waals surface area (Å²) in [6.07, 6.45) is 0.906. The van der Waals surface area contributed by atoms with Gasteiger partial charge in [-0.2, -0.15) is 0 Å². The van der Waals surface area contributed by atoms with Crippen LogP contribution in [0.4, 0.5) is 5.95 Å². The fourth-order valence-electron chi connectivity index (χ4n) is 2.95. The van der Waals surface area contributed by atoms with Crippen LogP contribution in [0.15, 0.2) is 48.5 Å². The molecule has 2 aromatic carbocycles. The lowest BCUT2D eigenvalue weighted by molar-refractivity contribution is 0.0981. The number of hydrogen-bond acceptors (Lipinski definition) is 2. The molecule has 1 aliphatic rings. The monoisotopic (exact) mass is 311 g/mol. The van der Waals surface area contributed by atoms with Crippen LogP contribution in [-0.4, -0.2) is 22.0 Å². The van der Waals surface area contributed by atoms with Crippen LogP contribution in [0.1, 0.15) is 16.8 Å². The molecule has 0 atom stereocenters. The lowest BCUT2D eigenvalue weighted by Gasteiger charge is -2.27. The van der Waals surface area contributed by atoms with Crippen LogP contribution in [0.3, 0.4) is 0 Å². The first kappa shape index (κ1) is 13.3. The van der Waals surface area contributed by atoms with Gasteiger partial charge >= 0.3 is 0 Å². The largest absolute Gasteiger partial charge is 0.310 e. The van der Waals surface area contributed by atoms with Gasteiger partial charge in [-0.15, -0.1) is 0 Å². The van der Waals surface area contributed by atoms with Gasteiger partial charge in [0.2, 0.25) is 5.95 Å². The number of benzene rings is 2. The molecule has 0 unspecified atom stereocenters. The van der Waals surface area contributed by atoms with Gasteiger partial charge in [0.1, 0.15) is 0 Å². The number of carbonyl (C=O) groups is 1. The summed E-state index contributed by atoms with van der Waals surface area (Å²) in [5.74, 6) is 0.610. The lowest BCUT2D eigenvalue weighted by atomic mass is 10.2. The van der Waals surface area contributed by atoms with E-state index in [0.717, 1.165) is 24.0 Å². The van der Waals surface area contributed by atoms with Crippen molar-refractivity contribution in [3.8, 4) is 0 Å². The molecular formula is C17H14ClN3O. The number of amides is 1. The average Bonchev–Trinajstić information content (AvgIpc) is 2.93. The standard InChI is InChI=1S/C17H14ClN3O/c18-13-7-2-1-6-12(13)16(22)21-11-5-10-20-15-9-4-3-8-14(15)19-17(20)21/h1-4,6-9H,5,10-11H2. The van der Waals surface area contributed by atoms with E-state index in [1.807, 2.05) is 36.4 Å². The Morgan fingerprint density at radius 2 is 1.82 bits per heavy atom. The molecule has 4 rings (SSSR count). The molecule has 3 aromatic rings. The molecule has 1 amide bonds. The number of imidazole rings is 1. The molecule has 0 saturated carbocycles. The van der Waals surface area contributed by atoms with Crippen molar-refractivity contribution in [2.75, 3.05) is 11.4 Å². The van der Waals surface area contributed by atoms with Crippen LogP contribution >= 0.6 is 11.6 Å². The summed E-state index contributed by atoms with van der Waals surface area (Å²) < 4.78 is 2.10. The Labute approximate surface area is 132 Å². The minimum Gasteiger partial charge on any atom is -0.310 e. The quantitative estimate of drug-likeness (QED) is 0.686. The van der Waals surface area contributed by atoms with E-state index < -0.39 is 0 Å². The number of hydrogen-bond donors (Lipinski definition) is 0. The summed E-state index contributed by atoms with van der Waals surface area (Å²) >= 11 is 6.17. The van der Waals surface area contributed by atoms with Gasteiger partial charge in [0.05, 0.1) is 21.6 Å². The molecule has 110 valence electrons. The van der Waals surface area contributed by atoms with E-state index in [9.17, 15) is 4.79 Å². The maximum Gasteiger partial charge on any atom is 0.262 e. The maximum atomic E-state index is 12.8. The maximum absolute atomic E-state index is 12.8. The highest BCUT2D eigenvalue weighted by Crippen LogP contribution is 2.28. The van der Waals surface area contributed by atoms with Gasteiger partial charge in [-0.3, -0.25) is 9.69 Å². The lowest BCUT2D eigenvalue weighted by Crippen LogP contribution is -2.37. The highest BCUT2D eigenvalue weighted by Gasteiger charge is 2.27. The topological polar surface area (TPSA) is 38.1 Å². The number of para-hydroxylation sites is 2. The van der Waals surface area contributed by atoms with Gasteiger partial charge in [0.15, 0.2) is 0 Å². The van der Waals surface area contributed by atoms with Crippen LogP contribution in [-0.2, 0) is 6.54 Å². The molecule has 0 saturated heterocycles. The van der Waals surface area contributed by atoms with E-state index in [1.165, 1.54) is 0 Å². The minimum absolute atomic E-state index is 0.0955. The predicted octanol–water partition coefficient (Wildman–Crippen LogP) is 3.74. The third-order valence-electron chi connectivity index (χ3n) is 3.99. The van der Waals surface area contributed by atoms with Crippen LogP contribution < -0.4 is 4.90 Å². The first-order chi connectivity index (χ1) is 10.8. The van der Waals surface area contributed by atoms with Crippen molar-refractivity contribution in [3.63, 3.8) is 0 Å². The van der Waals surface area contributed by atoms with Crippen molar-refractivity contribution in [2.45, 2.75) is 13.0 Å². The summed E-state index contributed by atoms with van der Waals surface area (Å²) in [4.78, 5) is 19.2. The van der Waals surface area contributed by atoms with Gasteiger partial charge in [0.25, 0.3) is 5.91 Å². The Kier molecular flexibility index (Phi) is 3.12. The van der Waals surface area contributed by atoms with E-state index in [1.54, 1.807) is 17.0 Å². The van der Waals surface area contributed by atoms with Gasteiger partial charge in [-0.1, -0.05) is 35.9 Å². The van der Waals surface area contributed by atoms with Crippen molar-refractivity contribution in [1.82, 2.24) is 9.55 Å². The van der Waals surface area contributed by atoms with E-state index in [2.05, 4.69) is 9.55 Å². The molecule has 0 N–H and O–H groups in total. The molecule has 4 nitrogen and oxygen atoms in total. The van der Waals surface area contributed by atoms with Crippen molar-refractivity contribution in [3.05, 3.63) is 59.1 Å². The molecule has 0 radical (unpaired) electrons. The normalized spacial score (nSPS) is 14.1. The Balaban J connectivity index is 1.83. The number of aromatic nitrogens is 2. The van der Waals surface area contributed by atoms with Crippen LogP contribution in [0.5, 0.6) is 0 Å². The molecular weight excluding hydrogens is 298 g/mol. The first-order valence-corrected chi connectivity index (χ1v) is 7.65. The van der Waals surface area contributed by atoms with Crippen LogP contribution in [0.2, 0.25) is 5.02 Å². The second-order valence-corrected chi connectivity index (χ2v) is 5.75. The average molecular weight is 312 g/mol. The number of aryl methyl sites for hydroxylation is 1. The molecule has 0 fully saturated rings. The van der Waals surface area contributed by atoms with Crippen molar-refractivity contribution < 1.29 is 4.79 Å². The second kappa shape index (κ2) is 5.14. The van der Waals surface area contributed by atoms with Crippen molar-refractivity contribution in [1.29, 1.82) is 0 Å². The van der Waals surface area contributed by atoms with Gasteiger partial charge in [-0.25, -0.2) is 4.98 Å². The van der Waals surface area contributed by atoms with E-state index in [0.29, 0.717) is 23.1 Å². The zero-order chi connectivity index (χ0) is 15.1. The summed E-state index contributed by atoms with van der Waals surface area (Å²) in [5.41, 5.74) is 2.50. The summed E-state index contributed by atoms with van der Waals surface area (Å²) in [7, 11) is 0. The van der Waals surface area contributed by atoms with Crippen LogP contribution in [0.25, 0.3) is 11.0 Å². The summed E-state index contributed by atoms with van der Waals surface area (Å²) in [6.45, 7) is 1.54. The first-order valence-electron chi connectivity index (χ1n) is 7.27. The predicted molar refractivity (Wildman–Crippen MR) is 87.5 cm³/mol. The zero-order valence-electron chi connectivity index (χ0n) is 11.9. The summed E-state index contributed by atoms with van der Waals surface area (Å²) in [5, 5.41) is 0.473. The molecule has 5 heteroatoms. The molecule has 1 aliphatic heterocycles. The summed E-state index contributed by atoms with van der Waals surface area (Å²) in [6, 6.07) is 15.1. The molecule has 0 aliphatic carbocycles. The van der Waals surface area contributed by atoms with Crippen molar-refractivity contribution >= 4 is 34.5 Å². The number of anilines is 1. The zero-order valence-corrected chi connectivity index (χ0v) is 12.6. The fraction of sp³-hybridized carbons (Fsp3) is 0.176. The number of nitrogens with zero attached hydrogens (tertiary/aromatic N) is 3. The van der Waals surface area contributed by atoms with Crippen molar-refractivity contribution in [2.24, 2.45) is 0 Å². The van der Waals surface area contributed by atoms with E-state index in [-0.39, 0.29) is 5.91 Å². The number of halogens is 1. The number of fused-ring (bicyclic) bond motifs is 3. The smallest absolute Gasteiger partial charge is 0.262 e. The van der Waals surface area contributed by atoms with Gasteiger partial charge in [0, 0.05) is 13.1 Å². The Morgan fingerprint density at radius 1 is 1.05 bits per heavy atom. The Bertz CT molecular complexity index is 871. The third-order valence-corrected chi connectivity index (χ3v) is 4.32. The van der Waals surface area contributed by atoms with Gasteiger partial charge < -0.3 is 4.57 Å². The van der Waals surface area contributed by atoms with Crippen LogP contribution in [0, 0.1) is 0 Å². The third kappa shape index (κ3) is 1.99. The Morgan fingerprint density at radius 3 is 2.68 bits per heavy atom. The molecule has 0 spiro atoms. The second-order valence-electron chi connectivity index (χ2n) is 5.34. The molecule has 22 heavy (non-hydrogen) atoms. The minimum atomic E-state index is -0.0955. The Hall–Kier alpha value is -2.33. The molecule has 1 aromatic heterocycles. The van der Waals surface area contributed by atoms with E-state index in [4.69, 9.17) is 11.6 Å². The molecule has 0 bridgehead atoms.